The maximum Gasteiger partial charge on any atom is 0.220 e. The van der Waals surface area contributed by atoms with Gasteiger partial charge >= 0.3 is 0 Å². The topological polar surface area (TPSA) is 38.1 Å². The summed E-state index contributed by atoms with van der Waals surface area (Å²) in [6, 6.07) is -0.0579. The highest BCUT2D eigenvalue weighted by atomic mass is 16.2. The van der Waals surface area contributed by atoms with Crippen LogP contribution in [0.5, 0.6) is 0 Å². The van der Waals surface area contributed by atoms with Gasteiger partial charge in [0.15, 0.2) is 0 Å². The van der Waals surface area contributed by atoms with E-state index in [9.17, 15) is 4.79 Å². The summed E-state index contributed by atoms with van der Waals surface area (Å²) >= 11 is 0. The molecule has 1 amide bonds. The number of imidazole rings is 1. The lowest BCUT2D eigenvalue weighted by Gasteiger charge is -2.18. The molecule has 0 fully saturated rings. The van der Waals surface area contributed by atoms with Crippen LogP contribution in [0.4, 0.5) is 0 Å². The molecule has 4 heteroatoms. The number of aromatic nitrogens is 2. The molecule has 0 aliphatic heterocycles. The first kappa shape index (κ1) is 13.3. The molecule has 0 bridgehead atoms. The smallest absolute Gasteiger partial charge is 0.220 e. The number of aryl methyl sites for hydroxylation is 1. The van der Waals surface area contributed by atoms with E-state index in [0.29, 0.717) is 6.54 Å². The molecule has 0 saturated carbocycles. The Morgan fingerprint density at radius 3 is 2.71 bits per heavy atom. The molecule has 1 aromatic heterocycles. The van der Waals surface area contributed by atoms with Crippen molar-refractivity contribution in [2.45, 2.75) is 40.3 Å². The molecule has 1 atom stereocenters. The average Bonchev–Trinajstić information content (AvgIpc) is 2.59. The van der Waals surface area contributed by atoms with Gasteiger partial charge in [0, 0.05) is 19.7 Å². The Hall–Kier alpha value is -1.76. The van der Waals surface area contributed by atoms with Crippen LogP contribution in [0.2, 0.25) is 0 Å². The molecule has 92 valence electrons. The van der Waals surface area contributed by atoms with Crippen molar-refractivity contribution in [3.05, 3.63) is 17.7 Å². The number of hydrogen-bond acceptors (Lipinski definition) is 2. The molecule has 17 heavy (non-hydrogen) atoms. The Balaban J connectivity index is 2.63. The maximum absolute atomic E-state index is 11.1. The van der Waals surface area contributed by atoms with Crippen LogP contribution in [-0.2, 0) is 11.3 Å². The molecule has 1 heterocycles. The molecule has 0 aliphatic carbocycles. The Bertz CT molecular complexity index is 465. The van der Waals surface area contributed by atoms with Crippen molar-refractivity contribution in [1.29, 1.82) is 0 Å². The highest BCUT2D eigenvalue weighted by Gasteiger charge is 2.07. The van der Waals surface area contributed by atoms with Crippen molar-refractivity contribution in [2.75, 3.05) is 7.05 Å². The fourth-order valence-electron chi connectivity index (χ4n) is 1.35. The normalized spacial score (nSPS) is 11.6. The zero-order chi connectivity index (χ0) is 13.0. The largest absolute Gasteiger partial charge is 0.332 e. The van der Waals surface area contributed by atoms with Crippen LogP contribution >= 0.6 is 0 Å². The Morgan fingerprint density at radius 2 is 2.24 bits per heavy atom. The van der Waals surface area contributed by atoms with Gasteiger partial charge in [-0.05, 0) is 20.8 Å². The Kier molecular flexibility index (Phi) is 4.33. The van der Waals surface area contributed by atoms with E-state index in [1.165, 1.54) is 0 Å². The van der Waals surface area contributed by atoms with Crippen molar-refractivity contribution in [3.8, 4) is 11.8 Å². The summed E-state index contributed by atoms with van der Waals surface area (Å²) in [6.07, 6.45) is 1.79. The minimum absolute atomic E-state index is 0.0291. The summed E-state index contributed by atoms with van der Waals surface area (Å²) < 4.78 is 2.00. The molecule has 0 spiro atoms. The first-order valence-corrected chi connectivity index (χ1v) is 5.63. The van der Waals surface area contributed by atoms with E-state index in [1.807, 2.05) is 25.3 Å². The Morgan fingerprint density at radius 1 is 1.59 bits per heavy atom. The highest BCUT2D eigenvalue weighted by Crippen LogP contribution is 2.03. The highest BCUT2D eigenvalue weighted by molar-refractivity contribution is 5.73. The number of rotatable bonds is 2. The molecular formula is C13H19N3O. The van der Waals surface area contributed by atoms with Gasteiger partial charge in [0.05, 0.1) is 24.6 Å². The SMILES string of the molecule is CC(=O)N(C)C(C)C#CCn1cnc(C)c1C. The van der Waals surface area contributed by atoms with E-state index in [1.54, 1.807) is 25.2 Å². The summed E-state index contributed by atoms with van der Waals surface area (Å²) in [5.41, 5.74) is 2.16. The first-order chi connectivity index (χ1) is 7.93. The van der Waals surface area contributed by atoms with Crippen LogP contribution < -0.4 is 0 Å². The van der Waals surface area contributed by atoms with Crippen molar-refractivity contribution < 1.29 is 4.79 Å². The molecule has 4 nitrogen and oxygen atoms in total. The number of carbonyl (C=O) groups is 1. The minimum atomic E-state index is -0.0579. The molecular weight excluding hydrogens is 214 g/mol. The number of carbonyl (C=O) groups excluding carboxylic acids is 1. The predicted octanol–water partition coefficient (Wildman–Crippen LogP) is 1.37. The van der Waals surface area contributed by atoms with Gasteiger partial charge in [0.2, 0.25) is 5.91 Å². The van der Waals surface area contributed by atoms with E-state index in [0.717, 1.165) is 11.4 Å². The monoisotopic (exact) mass is 233 g/mol. The van der Waals surface area contributed by atoms with Crippen LogP contribution in [0.25, 0.3) is 0 Å². The lowest BCUT2D eigenvalue weighted by molar-refractivity contribution is -0.128. The van der Waals surface area contributed by atoms with Crippen LogP contribution in [0, 0.1) is 25.7 Å². The van der Waals surface area contributed by atoms with E-state index < -0.39 is 0 Å². The number of nitrogens with zero attached hydrogens (tertiary/aromatic N) is 3. The van der Waals surface area contributed by atoms with Gasteiger partial charge in [-0.2, -0.15) is 0 Å². The number of hydrogen-bond donors (Lipinski definition) is 0. The quantitative estimate of drug-likeness (QED) is 0.724. The third-order valence-electron chi connectivity index (χ3n) is 2.98. The van der Waals surface area contributed by atoms with Crippen molar-refractivity contribution in [1.82, 2.24) is 14.5 Å². The fraction of sp³-hybridized carbons (Fsp3) is 0.538. The summed E-state index contributed by atoms with van der Waals surface area (Å²) in [5.74, 6) is 6.15. The van der Waals surface area contributed by atoms with Crippen molar-refractivity contribution in [2.24, 2.45) is 0 Å². The second-order valence-electron chi connectivity index (χ2n) is 4.17. The molecule has 0 aromatic carbocycles. The molecule has 1 aromatic rings. The van der Waals surface area contributed by atoms with Gasteiger partial charge in [0.1, 0.15) is 0 Å². The number of amides is 1. The Labute approximate surface area is 103 Å². The zero-order valence-corrected chi connectivity index (χ0v) is 11.1. The van der Waals surface area contributed by atoms with Crippen LogP contribution in [0.15, 0.2) is 6.33 Å². The summed E-state index contributed by atoms with van der Waals surface area (Å²) in [4.78, 5) is 17.0. The van der Waals surface area contributed by atoms with Crippen molar-refractivity contribution in [3.63, 3.8) is 0 Å². The van der Waals surface area contributed by atoms with Gasteiger partial charge in [-0.25, -0.2) is 4.98 Å². The van der Waals surface area contributed by atoms with E-state index in [4.69, 9.17) is 0 Å². The standard InChI is InChI=1S/C13H19N3O/c1-10(15(5)13(4)17)7-6-8-16-9-14-11(2)12(16)3/h9-10H,8H2,1-5H3. The van der Waals surface area contributed by atoms with Gasteiger partial charge in [0.25, 0.3) is 0 Å². The molecule has 0 aliphatic rings. The van der Waals surface area contributed by atoms with E-state index in [-0.39, 0.29) is 11.9 Å². The maximum atomic E-state index is 11.1. The molecule has 0 saturated heterocycles. The lowest BCUT2D eigenvalue weighted by atomic mass is 10.3. The van der Waals surface area contributed by atoms with Gasteiger partial charge in [-0.15, -0.1) is 0 Å². The molecule has 0 radical (unpaired) electrons. The predicted molar refractivity (Wildman–Crippen MR) is 67.4 cm³/mol. The molecule has 1 rings (SSSR count). The van der Waals surface area contributed by atoms with E-state index >= 15 is 0 Å². The van der Waals surface area contributed by atoms with Crippen LogP contribution in [0.3, 0.4) is 0 Å². The third-order valence-corrected chi connectivity index (χ3v) is 2.98. The summed E-state index contributed by atoms with van der Waals surface area (Å²) in [7, 11) is 1.76. The van der Waals surface area contributed by atoms with Crippen LogP contribution in [0.1, 0.15) is 25.2 Å². The minimum Gasteiger partial charge on any atom is -0.332 e. The second kappa shape index (κ2) is 5.53. The first-order valence-electron chi connectivity index (χ1n) is 5.63. The fourth-order valence-corrected chi connectivity index (χ4v) is 1.35. The third kappa shape index (κ3) is 3.35. The molecule has 0 N–H and O–H groups in total. The van der Waals surface area contributed by atoms with E-state index in [2.05, 4.69) is 16.8 Å². The zero-order valence-electron chi connectivity index (χ0n) is 11.1. The van der Waals surface area contributed by atoms with Gasteiger partial charge in [-0.1, -0.05) is 11.8 Å². The summed E-state index contributed by atoms with van der Waals surface area (Å²) in [5, 5.41) is 0. The van der Waals surface area contributed by atoms with Gasteiger partial charge < -0.3 is 9.47 Å². The lowest BCUT2D eigenvalue weighted by Crippen LogP contribution is -2.32. The second-order valence-corrected chi connectivity index (χ2v) is 4.17. The molecule has 1 unspecified atom stereocenters. The van der Waals surface area contributed by atoms with Crippen LogP contribution in [-0.4, -0.2) is 33.4 Å². The van der Waals surface area contributed by atoms with Crippen molar-refractivity contribution >= 4 is 5.91 Å². The summed E-state index contributed by atoms with van der Waals surface area (Å²) in [6.45, 7) is 8.07. The van der Waals surface area contributed by atoms with Gasteiger partial charge in [-0.3, -0.25) is 4.79 Å². The average molecular weight is 233 g/mol.